The van der Waals surface area contributed by atoms with E-state index in [4.69, 9.17) is 0 Å². The molecule has 90 valence electrons. The quantitative estimate of drug-likeness (QED) is 0.844. The Morgan fingerprint density at radius 2 is 2.44 bits per heavy atom. The highest BCUT2D eigenvalue weighted by molar-refractivity contribution is 7.09. The van der Waals surface area contributed by atoms with Crippen molar-refractivity contribution >= 4 is 16.7 Å². The van der Waals surface area contributed by atoms with E-state index in [1.54, 1.807) is 0 Å². The van der Waals surface area contributed by atoms with Crippen molar-refractivity contribution in [2.24, 2.45) is 5.41 Å². The fraction of sp³-hybridized carbons (Fsp3) is 0.818. The van der Waals surface area contributed by atoms with Gasteiger partial charge >= 0.3 is 0 Å². The first-order valence-corrected chi connectivity index (χ1v) is 6.76. The Bertz CT molecular complexity index is 330. The minimum atomic E-state index is 0.357. The molecule has 1 atom stereocenters. The molecule has 1 unspecified atom stereocenters. The lowest BCUT2D eigenvalue weighted by atomic mass is 9.83. The number of hydrogen-bond donors (Lipinski definition) is 2. The molecule has 2 heterocycles. The molecule has 1 aromatic rings. The summed E-state index contributed by atoms with van der Waals surface area (Å²) in [6.45, 7) is 7.65. The number of rotatable bonds is 4. The van der Waals surface area contributed by atoms with Crippen LogP contribution in [0.1, 0.15) is 32.5 Å². The summed E-state index contributed by atoms with van der Waals surface area (Å²) < 4.78 is 4.27. The van der Waals surface area contributed by atoms with Crippen molar-refractivity contribution in [1.29, 1.82) is 0 Å². The summed E-state index contributed by atoms with van der Waals surface area (Å²) in [6.07, 6.45) is 3.47. The Kier molecular flexibility index (Phi) is 3.76. The lowest BCUT2D eigenvalue weighted by molar-refractivity contribution is 0.253. The monoisotopic (exact) mass is 240 g/mol. The van der Waals surface area contributed by atoms with Gasteiger partial charge in [-0.05, 0) is 24.8 Å². The van der Waals surface area contributed by atoms with Gasteiger partial charge in [0.1, 0.15) is 5.82 Å². The fourth-order valence-corrected chi connectivity index (χ4v) is 2.67. The van der Waals surface area contributed by atoms with E-state index >= 15 is 0 Å². The molecule has 1 fully saturated rings. The van der Waals surface area contributed by atoms with Crippen molar-refractivity contribution in [1.82, 2.24) is 14.7 Å². The molecule has 0 aromatic carbocycles. The molecule has 4 nitrogen and oxygen atoms in total. The van der Waals surface area contributed by atoms with Crippen molar-refractivity contribution in [3.8, 4) is 0 Å². The van der Waals surface area contributed by atoms with Crippen LogP contribution in [-0.4, -0.2) is 29.0 Å². The van der Waals surface area contributed by atoms with Crippen LogP contribution in [0.15, 0.2) is 0 Å². The number of hydrogen-bond acceptors (Lipinski definition) is 5. The van der Waals surface area contributed by atoms with Gasteiger partial charge in [-0.1, -0.05) is 13.8 Å². The Balaban J connectivity index is 1.86. The summed E-state index contributed by atoms with van der Waals surface area (Å²) in [7, 11) is 0. The topological polar surface area (TPSA) is 49.8 Å². The molecule has 1 aliphatic heterocycles. The minimum Gasteiger partial charge on any atom is -0.360 e. The van der Waals surface area contributed by atoms with Crippen LogP contribution in [0, 0.1) is 5.41 Å². The molecular weight excluding hydrogens is 220 g/mol. The van der Waals surface area contributed by atoms with Crippen LogP contribution in [0.5, 0.6) is 0 Å². The molecule has 2 rings (SSSR count). The molecule has 0 bridgehead atoms. The number of nitrogens with zero attached hydrogens (tertiary/aromatic N) is 2. The van der Waals surface area contributed by atoms with Crippen LogP contribution < -0.4 is 10.6 Å². The Labute approximate surface area is 101 Å². The maximum absolute atomic E-state index is 4.42. The van der Waals surface area contributed by atoms with Crippen LogP contribution in [0.25, 0.3) is 0 Å². The predicted molar refractivity (Wildman–Crippen MR) is 68.0 cm³/mol. The van der Waals surface area contributed by atoms with Crippen molar-refractivity contribution in [3.63, 3.8) is 0 Å². The zero-order valence-electron chi connectivity index (χ0n) is 10.0. The van der Waals surface area contributed by atoms with Gasteiger partial charge in [0.15, 0.2) is 0 Å². The normalized spacial score (nSPS) is 25.6. The summed E-state index contributed by atoms with van der Waals surface area (Å²) in [5.74, 6) is 0.944. The molecule has 0 amide bonds. The first-order chi connectivity index (χ1) is 7.72. The molecule has 1 saturated heterocycles. The molecular formula is C11H20N4S. The minimum absolute atomic E-state index is 0.357. The number of aromatic nitrogens is 2. The second kappa shape index (κ2) is 5.10. The number of aryl methyl sites for hydroxylation is 1. The van der Waals surface area contributed by atoms with Crippen molar-refractivity contribution < 1.29 is 0 Å². The summed E-state index contributed by atoms with van der Waals surface area (Å²) in [6, 6.07) is 0. The van der Waals surface area contributed by atoms with Gasteiger partial charge in [-0.15, -0.1) is 0 Å². The van der Waals surface area contributed by atoms with Gasteiger partial charge in [-0.25, -0.2) is 4.98 Å². The van der Waals surface area contributed by atoms with Gasteiger partial charge in [0, 0.05) is 31.0 Å². The van der Waals surface area contributed by atoms with E-state index in [-0.39, 0.29) is 0 Å². The van der Waals surface area contributed by atoms with Crippen LogP contribution in [0.3, 0.4) is 0 Å². The van der Waals surface area contributed by atoms with E-state index in [1.807, 2.05) is 0 Å². The molecule has 2 N–H and O–H groups in total. The SMILES string of the molecule is CCc1nsc(NCC2(C)CCCNC2)n1. The standard InChI is InChI=1S/C11H20N4S/c1-3-9-14-10(16-15-9)13-8-11(2)5-4-6-12-7-11/h12H,3-8H2,1-2H3,(H,13,14,15). The molecule has 5 heteroatoms. The van der Waals surface area contributed by atoms with Gasteiger partial charge in [-0.3, -0.25) is 0 Å². The second-order valence-electron chi connectivity index (χ2n) is 4.81. The van der Waals surface area contributed by atoms with Gasteiger partial charge in [0.2, 0.25) is 5.13 Å². The van der Waals surface area contributed by atoms with Gasteiger partial charge in [0.05, 0.1) is 0 Å². The lowest BCUT2D eigenvalue weighted by Crippen LogP contribution is -2.42. The first kappa shape index (κ1) is 11.8. The van der Waals surface area contributed by atoms with Crippen LogP contribution in [-0.2, 0) is 6.42 Å². The van der Waals surface area contributed by atoms with E-state index in [0.717, 1.165) is 37.0 Å². The molecule has 0 radical (unpaired) electrons. The third-order valence-electron chi connectivity index (χ3n) is 3.14. The predicted octanol–water partition coefficient (Wildman–Crippen LogP) is 1.90. The highest BCUT2D eigenvalue weighted by atomic mass is 32.1. The van der Waals surface area contributed by atoms with Gasteiger partial charge in [0.25, 0.3) is 0 Å². The number of nitrogens with one attached hydrogen (secondary N) is 2. The second-order valence-corrected chi connectivity index (χ2v) is 5.57. The smallest absolute Gasteiger partial charge is 0.202 e. The van der Waals surface area contributed by atoms with Gasteiger partial charge < -0.3 is 10.6 Å². The molecule has 0 spiro atoms. The Hall–Kier alpha value is -0.680. The van der Waals surface area contributed by atoms with E-state index in [0.29, 0.717) is 5.41 Å². The Morgan fingerprint density at radius 1 is 1.56 bits per heavy atom. The zero-order chi connectivity index (χ0) is 11.4. The number of piperidine rings is 1. The average molecular weight is 240 g/mol. The van der Waals surface area contributed by atoms with Crippen molar-refractivity contribution in [2.75, 3.05) is 25.0 Å². The van der Waals surface area contributed by atoms with Crippen LogP contribution in [0.2, 0.25) is 0 Å². The third-order valence-corrected chi connectivity index (χ3v) is 3.85. The van der Waals surface area contributed by atoms with E-state index in [1.165, 1.54) is 24.4 Å². The van der Waals surface area contributed by atoms with Crippen molar-refractivity contribution in [3.05, 3.63) is 5.82 Å². The van der Waals surface area contributed by atoms with Crippen LogP contribution in [0.4, 0.5) is 5.13 Å². The largest absolute Gasteiger partial charge is 0.360 e. The van der Waals surface area contributed by atoms with Gasteiger partial charge in [-0.2, -0.15) is 4.37 Å². The Morgan fingerprint density at radius 3 is 3.06 bits per heavy atom. The molecule has 0 saturated carbocycles. The molecule has 1 aromatic heterocycles. The summed E-state index contributed by atoms with van der Waals surface area (Å²) in [5, 5.41) is 7.83. The molecule has 1 aliphatic rings. The highest BCUT2D eigenvalue weighted by Gasteiger charge is 2.26. The number of anilines is 1. The average Bonchev–Trinajstić information content (AvgIpc) is 2.75. The lowest BCUT2D eigenvalue weighted by Gasteiger charge is -2.34. The molecule has 16 heavy (non-hydrogen) atoms. The van der Waals surface area contributed by atoms with E-state index in [9.17, 15) is 0 Å². The summed E-state index contributed by atoms with van der Waals surface area (Å²) >= 11 is 1.47. The van der Waals surface area contributed by atoms with Crippen LogP contribution >= 0.6 is 11.5 Å². The maximum atomic E-state index is 4.42. The summed E-state index contributed by atoms with van der Waals surface area (Å²) in [4.78, 5) is 4.42. The third kappa shape index (κ3) is 2.92. The highest BCUT2D eigenvalue weighted by Crippen LogP contribution is 2.26. The maximum Gasteiger partial charge on any atom is 0.202 e. The summed E-state index contributed by atoms with van der Waals surface area (Å²) in [5.41, 5.74) is 0.357. The van der Waals surface area contributed by atoms with Crippen molar-refractivity contribution in [2.45, 2.75) is 33.1 Å². The fourth-order valence-electron chi connectivity index (χ4n) is 2.03. The van der Waals surface area contributed by atoms with E-state index in [2.05, 4.69) is 33.8 Å². The first-order valence-electron chi connectivity index (χ1n) is 5.99. The zero-order valence-corrected chi connectivity index (χ0v) is 10.9. The van der Waals surface area contributed by atoms with E-state index < -0.39 is 0 Å². The molecule has 0 aliphatic carbocycles.